The summed E-state index contributed by atoms with van der Waals surface area (Å²) in [5, 5.41) is 12.3. The van der Waals surface area contributed by atoms with Gasteiger partial charge >= 0.3 is 0 Å². The third-order valence-corrected chi connectivity index (χ3v) is 6.16. The number of ether oxygens (including phenoxy) is 2. The molecule has 3 aromatic rings. The SMILES string of the molecule is COc1cc([C@H]2c3c(ccc4ccccc34)C(=O)[C@@H]3CCC(=O)N23)cc(OC)c1O. The normalized spacial score (nSPS) is 20.3. The number of methoxy groups -OCH3 is 2. The highest BCUT2D eigenvalue weighted by Crippen LogP contribution is 2.48. The molecule has 0 saturated carbocycles. The second-order valence-corrected chi connectivity index (χ2v) is 7.64. The Kier molecular flexibility index (Phi) is 4.17. The van der Waals surface area contributed by atoms with E-state index in [2.05, 4.69) is 0 Å². The number of hydrogen-bond acceptors (Lipinski definition) is 5. The fourth-order valence-corrected chi connectivity index (χ4v) is 4.81. The van der Waals surface area contributed by atoms with Crippen LogP contribution in [0.4, 0.5) is 0 Å². The van der Waals surface area contributed by atoms with Crippen molar-refractivity contribution in [1.29, 1.82) is 0 Å². The number of rotatable bonds is 3. The predicted octanol–water partition coefficient (Wildman–Crippen LogP) is 3.84. The minimum Gasteiger partial charge on any atom is -0.502 e. The van der Waals surface area contributed by atoms with E-state index < -0.39 is 12.1 Å². The Morgan fingerprint density at radius 1 is 1.00 bits per heavy atom. The van der Waals surface area contributed by atoms with E-state index in [1.807, 2.05) is 36.4 Å². The molecule has 6 heteroatoms. The highest BCUT2D eigenvalue weighted by molar-refractivity contribution is 6.10. The first-order valence-electron chi connectivity index (χ1n) is 9.87. The minimum absolute atomic E-state index is 0.0180. The van der Waals surface area contributed by atoms with E-state index in [9.17, 15) is 14.7 Å². The van der Waals surface area contributed by atoms with Crippen LogP contribution in [0.15, 0.2) is 48.5 Å². The van der Waals surface area contributed by atoms with Gasteiger partial charge in [-0.3, -0.25) is 9.59 Å². The number of ketones is 1. The third-order valence-electron chi connectivity index (χ3n) is 6.16. The molecule has 3 aromatic carbocycles. The second-order valence-electron chi connectivity index (χ2n) is 7.64. The molecule has 6 nitrogen and oxygen atoms in total. The lowest BCUT2D eigenvalue weighted by Crippen LogP contribution is -2.46. The lowest BCUT2D eigenvalue weighted by atomic mass is 9.81. The Morgan fingerprint density at radius 3 is 2.40 bits per heavy atom. The summed E-state index contributed by atoms with van der Waals surface area (Å²) in [5.74, 6) is 0.342. The van der Waals surface area contributed by atoms with Gasteiger partial charge in [0.05, 0.1) is 26.3 Å². The molecule has 0 aromatic heterocycles. The summed E-state index contributed by atoms with van der Waals surface area (Å²) in [6, 6.07) is 14.1. The Labute approximate surface area is 173 Å². The van der Waals surface area contributed by atoms with E-state index in [0.717, 1.165) is 21.9 Å². The number of phenols is 1. The number of Topliss-reactive ketones (excluding diaryl/α,β-unsaturated/α-hetero) is 1. The molecule has 2 aliphatic rings. The molecule has 0 unspecified atom stereocenters. The van der Waals surface area contributed by atoms with E-state index in [-0.39, 0.29) is 28.9 Å². The van der Waals surface area contributed by atoms with Gasteiger partial charge in [0.2, 0.25) is 11.7 Å². The lowest BCUT2D eigenvalue weighted by Gasteiger charge is -2.39. The van der Waals surface area contributed by atoms with Crippen LogP contribution in [0.25, 0.3) is 10.8 Å². The number of phenolic OH excluding ortho intramolecular Hbond substituents is 1. The molecule has 152 valence electrons. The summed E-state index contributed by atoms with van der Waals surface area (Å²) < 4.78 is 10.7. The molecular formula is C24H21NO5. The highest BCUT2D eigenvalue weighted by Gasteiger charge is 2.47. The summed E-state index contributed by atoms with van der Waals surface area (Å²) in [4.78, 5) is 27.9. The molecule has 0 radical (unpaired) electrons. The molecule has 2 heterocycles. The number of carbonyl (C=O) groups is 2. The quantitative estimate of drug-likeness (QED) is 0.719. The molecule has 5 rings (SSSR count). The predicted molar refractivity (Wildman–Crippen MR) is 111 cm³/mol. The van der Waals surface area contributed by atoms with Crippen LogP contribution in [0, 0.1) is 0 Å². The van der Waals surface area contributed by atoms with Gasteiger partial charge in [-0.1, -0.05) is 36.4 Å². The van der Waals surface area contributed by atoms with E-state index in [4.69, 9.17) is 9.47 Å². The lowest BCUT2D eigenvalue weighted by molar-refractivity contribution is -0.130. The van der Waals surface area contributed by atoms with Crippen LogP contribution in [0.5, 0.6) is 17.2 Å². The van der Waals surface area contributed by atoms with Crippen molar-refractivity contribution >= 4 is 22.5 Å². The van der Waals surface area contributed by atoms with Gasteiger partial charge in [0.1, 0.15) is 0 Å². The number of amides is 1. The number of aromatic hydroxyl groups is 1. The van der Waals surface area contributed by atoms with Crippen molar-refractivity contribution in [3.8, 4) is 17.2 Å². The van der Waals surface area contributed by atoms with Crippen LogP contribution in [-0.2, 0) is 4.79 Å². The maximum Gasteiger partial charge on any atom is 0.224 e. The summed E-state index contributed by atoms with van der Waals surface area (Å²) in [6.45, 7) is 0. The fraction of sp³-hybridized carbons (Fsp3) is 0.250. The molecule has 0 spiro atoms. The second kappa shape index (κ2) is 6.76. The van der Waals surface area contributed by atoms with Crippen molar-refractivity contribution in [2.45, 2.75) is 24.9 Å². The van der Waals surface area contributed by atoms with Gasteiger partial charge < -0.3 is 19.5 Å². The highest BCUT2D eigenvalue weighted by atomic mass is 16.5. The van der Waals surface area contributed by atoms with Gasteiger partial charge in [-0.25, -0.2) is 0 Å². The number of hydrogen-bond donors (Lipinski definition) is 1. The zero-order valence-electron chi connectivity index (χ0n) is 16.7. The average Bonchev–Trinajstić information content (AvgIpc) is 3.16. The molecule has 1 N–H and O–H groups in total. The van der Waals surface area contributed by atoms with Gasteiger partial charge in [-0.2, -0.15) is 0 Å². The van der Waals surface area contributed by atoms with E-state index in [1.165, 1.54) is 14.2 Å². The standard InChI is InChI=1S/C24H21NO5/c1-29-18-11-14(12-19(30-2)24(18)28)22-21-15-6-4-3-5-13(15)7-8-16(21)23(27)17-9-10-20(26)25(17)22/h3-8,11-12,17,22,28H,9-10H2,1-2H3/t17-,22-/m0/s1. The summed E-state index contributed by atoms with van der Waals surface area (Å²) in [7, 11) is 2.94. The molecule has 30 heavy (non-hydrogen) atoms. The summed E-state index contributed by atoms with van der Waals surface area (Å²) in [6.07, 6.45) is 0.845. The van der Waals surface area contributed by atoms with Crippen LogP contribution in [0.3, 0.4) is 0 Å². The van der Waals surface area contributed by atoms with Gasteiger partial charge in [0, 0.05) is 12.0 Å². The Hall–Kier alpha value is -3.54. The molecule has 0 aliphatic carbocycles. The van der Waals surface area contributed by atoms with Gasteiger partial charge in [0.15, 0.2) is 17.3 Å². The number of carbonyl (C=O) groups excluding carboxylic acids is 2. The molecule has 1 fully saturated rings. The van der Waals surface area contributed by atoms with Crippen molar-refractivity contribution in [1.82, 2.24) is 4.90 Å². The van der Waals surface area contributed by atoms with E-state index in [1.54, 1.807) is 17.0 Å². The Bertz CT molecular complexity index is 1180. The van der Waals surface area contributed by atoms with Crippen LogP contribution in [-0.4, -0.2) is 42.0 Å². The van der Waals surface area contributed by atoms with Crippen molar-refractivity contribution in [3.05, 3.63) is 65.2 Å². The van der Waals surface area contributed by atoms with Crippen LogP contribution < -0.4 is 9.47 Å². The third kappa shape index (κ3) is 2.49. The first-order valence-corrected chi connectivity index (χ1v) is 9.87. The maximum atomic E-state index is 13.3. The first-order chi connectivity index (χ1) is 14.5. The average molecular weight is 403 g/mol. The van der Waals surface area contributed by atoms with Crippen molar-refractivity contribution in [2.75, 3.05) is 14.2 Å². The van der Waals surface area contributed by atoms with Gasteiger partial charge in [-0.15, -0.1) is 0 Å². The van der Waals surface area contributed by atoms with Crippen LogP contribution in [0.1, 0.15) is 40.4 Å². The van der Waals surface area contributed by atoms with E-state index >= 15 is 0 Å². The fourth-order valence-electron chi connectivity index (χ4n) is 4.81. The largest absolute Gasteiger partial charge is 0.502 e. The smallest absolute Gasteiger partial charge is 0.224 e. The van der Waals surface area contributed by atoms with E-state index in [0.29, 0.717) is 18.4 Å². The molecule has 0 bridgehead atoms. The van der Waals surface area contributed by atoms with Crippen molar-refractivity contribution in [2.24, 2.45) is 0 Å². The number of fused-ring (bicyclic) bond motifs is 4. The summed E-state index contributed by atoms with van der Waals surface area (Å²) in [5.41, 5.74) is 2.17. The minimum atomic E-state index is -0.484. The van der Waals surface area contributed by atoms with Crippen LogP contribution in [0.2, 0.25) is 0 Å². The molecule has 1 amide bonds. The van der Waals surface area contributed by atoms with Gasteiger partial charge in [-0.05, 0) is 40.5 Å². The topological polar surface area (TPSA) is 76.1 Å². The zero-order chi connectivity index (χ0) is 21.0. The monoisotopic (exact) mass is 403 g/mol. The molecular weight excluding hydrogens is 382 g/mol. The zero-order valence-corrected chi connectivity index (χ0v) is 16.7. The van der Waals surface area contributed by atoms with Crippen LogP contribution >= 0.6 is 0 Å². The molecule has 1 saturated heterocycles. The number of benzene rings is 3. The Balaban J connectivity index is 1.85. The summed E-state index contributed by atoms with van der Waals surface area (Å²) >= 11 is 0. The van der Waals surface area contributed by atoms with Gasteiger partial charge in [0.25, 0.3) is 0 Å². The van der Waals surface area contributed by atoms with Crippen molar-refractivity contribution in [3.63, 3.8) is 0 Å². The molecule has 2 aliphatic heterocycles. The first kappa shape index (κ1) is 18.5. The number of nitrogens with zero attached hydrogens (tertiary/aromatic N) is 1. The van der Waals surface area contributed by atoms with Crippen molar-refractivity contribution < 1.29 is 24.2 Å². The maximum absolute atomic E-state index is 13.3. The molecule has 2 atom stereocenters. The Morgan fingerprint density at radius 2 is 1.70 bits per heavy atom.